The van der Waals surface area contributed by atoms with Crippen molar-refractivity contribution in [3.05, 3.63) is 34.2 Å². The SMILES string of the molecule is COc1ccc2c(c1)c1c(C)nn(CCN3CCNCC3)c(=O)c1n2C. The summed E-state index contributed by atoms with van der Waals surface area (Å²) in [5, 5.41) is 9.90. The van der Waals surface area contributed by atoms with Gasteiger partial charge in [0.05, 0.1) is 19.3 Å². The third kappa shape index (κ3) is 2.77. The zero-order chi connectivity index (χ0) is 18.3. The molecular formula is C19H25N5O2. The Bertz CT molecular complexity index is 1010. The normalized spacial score (nSPS) is 15.8. The van der Waals surface area contributed by atoms with Crippen molar-refractivity contribution in [2.75, 3.05) is 39.8 Å². The quantitative estimate of drug-likeness (QED) is 0.760. The number of nitrogens with zero attached hydrogens (tertiary/aromatic N) is 4. The summed E-state index contributed by atoms with van der Waals surface area (Å²) in [4.78, 5) is 15.5. The molecular weight excluding hydrogens is 330 g/mol. The first kappa shape index (κ1) is 17.1. The molecule has 3 heterocycles. The second-order valence-corrected chi connectivity index (χ2v) is 6.87. The molecule has 0 amide bonds. The van der Waals surface area contributed by atoms with Crippen molar-refractivity contribution in [2.45, 2.75) is 13.5 Å². The first-order valence-electron chi connectivity index (χ1n) is 9.07. The van der Waals surface area contributed by atoms with E-state index >= 15 is 0 Å². The van der Waals surface area contributed by atoms with E-state index in [2.05, 4.69) is 15.3 Å². The van der Waals surface area contributed by atoms with Crippen LogP contribution in [-0.4, -0.2) is 59.1 Å². The molecule has 138 valence electrons. The summed E-state index contributed by atoms with van der Waals surface area (Å²) in [6, 6.07) is 5.90. The van der Waals surface area contributed by atoms with Gasteiger partial charge in [0.1, 0.15) is 11.3 Å². The number of methoxy groups -OCH3 is 1. The van der Waals surface area contributed by atoms with Crippen LogP contribution in [0.1, 0.15) is 5.69 Å². The van der Waals surface area contributed by atoms with E-state index in [0.717, 1.165) is 60.5 Å². The largest absolute Gasteiger partial charge is 0.497 e. The van der Waals surface area contributed by atoms with Gasteiger partial charge in [-0.25, -0.2) is 4.68 Å². The Morgan fingerprint density at radius 2 is 2.00 bits per heavy atom. The Hall–Kier alpha value is -2.38. The van der Waals surface area contributed by atoms with Crippen LogP contribution in [0.2, 0.25) is 0 Å². The molecule has 2 aromatic heterocycles. The number of aromatic nitrogens is 3. The summed E-state index contributed by atoms with van der Waals surface area (Å²) >= 11 is 0. The Balaban J connectivity index is 1.79. The third-order valence-corrected chi connectivity index (χ3v) is 5.31. The van der Waals surface area contributed by atoms with Crippen molar-refractivity contribution in [1.82, 2.24) is 24.6 Å². The highest BCUT2D eigenvalue weighted by molar-refractivity contribution is 6.09. The number of ether oxygens (including phenoxy) is 1. The standard InChI is InChI=1S/C19H25N5O2/c1-13-17-15-12-14(26-3)4-5-16(15)22(2)18(17)19(25)24(21-13)11-10-23-8-6-20-7-9-23/h4-5,12,20H,6-11H2,1-3H3. The van der Waals surface area contributed by atoms with Gasteiger partial charge < -0.3 is 14.6 Å². The number of piperazine rings is 1. The first-order valence-corrected chi connectivity index (χ1v) is 9.07. The maximum absolute atomic E-state index is 13.1. The lowest BCUT2D eigenvalue weighted by atomic mass is 10.1. The molecule has 1 fully saturated rings. The molecule has 0 bridgehead atoms. The topological polar surface area (TPSA) is 64.3 Å². The number of nitrogens with one attached hydrogen (secondary N) is 1. The summed E-state index contributed by atoms with van der Waals surface area (Å²) < 4.78 is 8.95. The Morgan fingerprint density at radius 3 is 2.73 bits per heavy atom. The van der Waals surface area contributed by atoms with E-state index in [-0.39, 0.29) is 5.56 Å². The molecule has 0 unspecified atom stereocenters. The van der Waals surface area contributed by atoms with E-state index in [0.29, 0.717) is 12.1 Å². The molecule has 4 rings (SSSR count). The van der Waals surface area contributed by atoms with Gasteiger partial charge >= 0.3 is 0 Å². The maximum atomic E-state index is 13.1. The molecule has 0 spiro atoms. The summed E-state index contributed by atoms with van der Waals surface area (Å²) in [5.74, 6) is 0.785. The average Bonchev–Trinajstić information content (AvgIpc) is 2.97. The highest BCUT2D eigenvalue weighted by Gasteiger charge is 2.18. The zero-order valence-electron chi connectivity index (χ0n) is 15.6. The molecule has 7 nitrogen and oxygen atoms in total. The second kappa shape index (κ2) is 6.74. The molecule has 26 heavy (non-hydrogen) atoms. The van der Waals surface area contributed by atoms with Crippen molar-refractivity contribution in [3.8, 4) is 5.75 Å². The van der Waals surface area contributed by atoms with Gasteiger partial charge in [-0.05, 0) is 25.1 Å². The molecule has 1 aliphatic rings. The second-order valence-electron chi connectivity index (χ2n) is 6.87. The molecule has 3 aromatic rings. The zero-order valence-corrected chi connectivity index (χ0v) is 15.6. The molecule has 1 aromatic carbocycles. The fourth-order valence-electron chi connectivity index (χ4n) is 3.89. The number of hydrogen-bond acceptors (Lipinski definition) is 5. The van der Waals surface area contributed by atoms with Crippen molar-refractivity contribution >= 4 is 21.8 Å². The van der Waals surface area contributed by atoms with E-state index in [1.165, 1.54) is 0 Å². The monoisotopic (exact) mass is 355 g/mol. The number of aryl methyl sites for hydroxylation is 2. The Morgan fingerprint density at radius 1 is 1.23 bits per heavy atom. The lowest BCUT2D eigenvalue weighted by molar-refractivity contribution is 0.228. The molecule has 7 heteroatoms. The molecule has 1 N–H and O–H groups in total. The van der Waals surface area contributed by atoms with Gasteiger partial charge in [-0.15, -0.1) is 0 Å². The van der Waals surface area contributed by atoms with Crippen LogP contribution in [-0.2, 0) is 13.6 Å². The van der Waals surface area contributed by atoms with E-state index < -0.39 is 0 Å². The van der Waals surface area contributed by atoms with Crippen LogP contribution in [0.3, 0.4) is 0 Å². The van der Waals surface area contributed by atoms with Gasteiger partial charge in [0.15, 0.2) is 0 Å². The van der Waals surface area contributed by atoms with Crippen LogP contribution >= 0.6 is 0 Å². The summed E-state index contributed by atoms with van der Waals surface area (Å²) in [6.45, 7) is 7.48. The van der Waals surface area contributed by atoms with Crippen LogP contribution in [0.4, 0.5) is 0 Å². The molecule has 0 atom stereocenters. The van der Waals surface area contributed by atoms with E-state index in [4.69, 9.17) is 4.74 Å². The Kier molecular flexibility index (Phi) is 4.42. The van der Waals surface area contributed by atoms with Crippen molar-refractivity contribution < 1.29 is 4.74 Å². The molecule has 1 saturated heterocycles. The van der Waals surface area contributed by atoms with Gasteiger partial charge in [0, 0.05) is 56.1 Å². The third-order valence-electron chi connectivity index (χ3n) is 5.31. The molecule has 1 aliphatic heterocycles. The smallest absolute Gasteiger partial charge is 0.291 e. The van der Waals surface area contributed by atoms with Crippen LogP contribution in [0, 0.1) is 6.92 Å². The van der Waals surface area contributed by atoms with Crippen molar-refractivity contribution in [3.63, 3.8) is 0 Å². The van der Waals surface area contributed by atoms with Gasteiger partial charge in [-0.2, -0.15) is 5.10 Å². The Labute approximate surface area is 152 Å². The maximum Gasteiger partial charge on any atom is 0.291 e. The first-order chi connectivity index (χ1) is 12.6. The number of fused-ring (bicyclic) bond motifs is 3. The van der Waals surface area contributed by atoms with Crippen LogP contribution in [0.5, 0.6) is 5.75 Å². The van der Waals surface area contributed by atoms with Gasteiger partial charge in [0.25, 0.3) is 5.56 Å². The summed E-state index contributed by atoms with van der Waals surface area (Å²) in [7, 11) is 3.60. The van der Waals surface area contributed by atoms with Crippen LogP contribution < -0.4 is 15.6 Å². The van der Waals surface area contributed by atoms with Gasteiger partial charge in [0.2, 0.25) is 0 Å². The fourth-order valence-corrected chi connectivity index (χ4v) is 3.89. The van der Waals surface area contributed by atoms with Crippen LogP contribution in [0.15, 0.2) is 23.0 Å². The van der Waals surface area contributed by atoms with Gasteiger partial charge in [-0.3, -0.25) is 9.69 Å². The molecule has 0 radical (unpaired) electrons. The minimum absolute atomic E-state index is 0.0293. The van der Waals surface area contributed by atoms with E-state index in [9.17, 15) is 4.79 Å². The van der Waals surface area contributed by atoms with Gasteiger partial charge in [-0.1, -0.05) is 0 Å². The number of benzene rings is 1. The molecule has 0 aliphatic carbocycles. The minimum atomic E-state index is -0.0293. The highest BCUT2D eigenvalue weighted by atomic mass is 16.5. The fraction of sp³-hybridized carbons (Fsp3) is 0.474. The van der Waals surface area contributed by atoms with E-state index in [1.54, 1.807) is 11.8 Å². The lowest BCUT2D eigenvalue weighted by Gasteiger charge is -2.27. The van der Waals surface area contributed by atoms with Crippen LogP contribution in [0.25, 0.3) is 21.8 Å². The number of rotatable bonds is 4. The predicted molar refractivity (Wildman–Crippen MR) is 103 cm³/mol. The van der Waals surface area contributed by atoms with Crippen molar-refractivity contribution in [2.24, 2.45) is 7.05 Å². The van der Waals surface area contributed by atoms with Crippen molar-refractivity contribution in [1.29, 1.82) is 0 Å². The molecule has 0 saturated carbocycles. The summed E-state index contributed by atoms with van der Waals surface area (Å²) in [5.41, 5.74) is 2.57. The van der Waals surface area contributed by atoms with E-state index in [1.807, 2.05) is 36.7 Å². The summed E-state index contributed by atoms with van der Waals surface area (Å²) in [6.07, 6.45) is 0. The highest BCUT2D eigenvalue weighted by Crippen LogP contribution is 2.30. The lowest BCUT2D eigenvalue weighted by Crippen LogP contribution is -2.45. The predicted octanol–water partition coefficient (Wildman–Crippen LogP) is 1.11. The average molecular weight is 355 g/mol. The minimum Gasteiger partial charge on any atom is -0.497 e. The number of hydrogen-bond donors (Lipinski definition) is 1.